The zero-order valence-corrected chi connectivity index (χ0v) is 12.3. The molecule has 0 aromatic heterocycles. The largest absolute Gasteiger partial charge is 0.508 e. The number of hydrogen-bond donors (Lipinski definition) is 3. The van der Waals surface area contributed by atoms with Gasteiger partial charge in [0.2, 0.25) is 0 Å². The van der Waals surface area contributed by atoms with E-state index in [0.29, 0.717) is 5.56 Å². The molecule has 0 fully saturated rings. The van der Waals surface area contributed by atoms with E-state index in [1.807, 2.05) is 26.0 Å². The maximum absolute atomic E-state index is 10.2. The van der Waals surface area contributed by atoms with Gasteiger partial charge in [-0.1, -0.05) is 19.9 Å². The van der Waals surface area contributed by atoms with Crippen LogP contribution in [0.2, 0.25) is 0 Å². The molecule has 0 bridgehead atoms. The molecule has 0 aliphatic rings. The first-order valence-electron chi connectivity index (χ1n) is 6.81. The van der Waals surface area contributed by atoms with E-state index in [1.54, 1.807) is 6.07 Å². The zero-order valence-electron chi connectivity index (χ0n) is 12.3. The summed E-state index contributed by atoms with van der Waals surface area (Å²) in [5.74, 6) is 0.193. The van der Waals surface area contributed by atoms with Crippen LogP contribution in [0.5, 0.6) is 5.75 Å². The Bertz CT molecular complexity index is 415. The molecule has 0 spiro atoms. The van der Waals surface area contributed by atoms with E-state index in [2.05, 4.69) is 18.7 Å². The van der Waals surface area contributed by atoms with Crippen LogP contribution in [0.15, 0.2) is 18.2 Å². The predicted molar refractivity (Wildman–Crippen MR) is 79.5 cm³/mol. The number of anilines is 1. The number of aromatic hydroxyl groups is 1. The highest BCUT2D eigenvalue weighted by molar-refractivity contribution is 5.54. The molecule has 108 valence electrons. The first-order valence-corrected chi connectivity index (χ1v) is 6.81. The van der Waals surface area contributed by atoms with Crippen molar-refractivity contribution in [2.24, 2.45) is 11.1 Å². The number of phenols is 1. The van der Waals surface area contributed by atoms with Crippen molar-refractivity contribution in [2.45, 2.75) is 33.7 Å². The third-order valence-electron chi connectivity index (χ3n) is 3.73. The van der Waals surface area contributed by atoms with Crippen molar-refractivity contribution in [3.63, 3.8) is 0 Å². The van der Waals surface area contributed by atoms with Gasteiger partial charge in [-0.25, -0.2) is 0 Å². The van der Waals surface area contributed by atoms with Crippen LogP contribution >= 0.6 is 0 Å². The number of rotatable bonds is 6. The van der Waals surface area contributed by atoms with Crippen LogP contribution in [0.3, 0.4) is 0 Å². The number of aliphatic hydroxyl groups is 1. The normalized spacial score (nSPS) is 13.4. The van der Waals surface area contributed by atoms with E-state index in [9.17, 15) is 10.2 Å². The van der Waals surface area contributed by atoms with Crippen LogP contribution in [0, 0.1) is 5.41 Å². The number of hydrogen-bond acceptors (Lipinski definition) is 4. The number of aliphatic hydroxyl groups excluding tert-OH is 1. The molecule has 1 atom stereocenters. The Morgan fingerprint density at radius 2 is 1.84 bits per heavy atom. The smallest absolute Gasteiger partial charge is 0.122 e. The van der Waals surface area contributed by atoms with Gasteiger partial charge in [-0.15, -0.1) is 0 Å². The summed E-state index contributed by atoms with van der Waals surface area (Å²) in [5, 5.41) is 19.5. The molecular weight excluding hydrogens is 240 g/mol. The van der Waals surface area contributed by atoms with E-state index in [1.165, 1.54) is 0 Å². The van der Waals surface area contributed by atoms with Gasteiger partial charge in [0.15, 0.2) is 0 Å². The third-order valence-corrected chi connectivity index (χ3v) is 3.73. The fourth-order valence-corrected chi connectivity index (χ4v) is 2.10. The summed E-state index contributed by atoms with van der Waals surface area (Å²) < 4.78 is 0. The summed E-state index contributed by atoms with van der Waals surface area (Å²) in [4.78, 5) is 2.16. The monoisotopic (exact) mass is 266 g/mol. The quantitative estimate of drug-likeness (QED) is 0.738. The molecule has 1 rings (SSSR count). The summed E-state index contributed by atoms with van der Waals surface area (Å²) >= 11 is 0. The molecule has 4 nitrogen and oxygen atoms in total. The predicted octanol–water partition coefficient (Wildman–Crippen LogP) is 2.26. The molecule has 0 radical (unpaired) electrons. The first-order chi connectivity index (χ1) is 8.87. The van der Waals surface area contributed by atoms with E-state index in [4.69, 9.17) is 5.73 Å². The first kappa shape index (κ1) is 15.8. The third kappa shape index (κ3) is 3.39. The summed E-state index contributed by atoms with van der Waals surface area (Å²) in [6, 6.07) is 5.17. The van der Waals surface area contributed by atoms with Crippen molar-refractivity contribution >= 4 is 5.69 Å². The average molecular weight is 266 g/mol. The maximum Gasteiger partial charge on any atom is 0.122 e. The molecule has 0 heterocycles. The lowest BCUT2D eigenvalue weighted by molar-refractivity contribution is 0.131. The lowest BCUT2D eigenvalue weighted by atomic mass is 9.81. The molecule has 0 aliphatic carbocycles. The lowest BCUT2D eigenvalue weighted by Gasteiger charge is -2.31. The summed E-state index contributed by atoms with van der Waals surface area (Å²) in [7, 11) is 0. The second kappa shape index (κ2) is 6.26. The fraction of sp³-hybridized carbons (Fsp3) is 0.600. The van der Waals surface area contributed by atoms with Gasteiger partial charge >= 0.3 is 0 Å². The van der Waals surface area contributed by atoms with Crippen molar-refractivity contribution in [3.8, 4) is 5.75 Å². The average Bonchev–Trinajstić information content (AvgIpc) is 2.39. The van der Waals surface area contributed by atoms with Gasteiger partial charge in [-0.2, -0.15) is 0 Å². The van der Waals surface area contributed by atoms with Crippen molar-refractivity contribution < 1.29 is 10.2 Å². The second-order valence-corrected chi connectivity index (χ2v) is 5.54. The Balaban J connectivity index is 3.07. The molecule has 0 saturated heterocycles. The standard InChI is InChI=1S/C15H26N2O2/c1-5-17(6-2)11-7-8-12(13(19)9-11)14(16)15(3,4)10-18/h7-9,14,18-19H,5-6,10,16H2,1-4H3/t14-/m0/s1. The lowest BCUT2D eigenvalue weighted by Crippen LogP contribution is -2.32. The van der Waals surface area contributed by atoms with Gasteiger partial charge in [0, 0.05) is 48.5 Å². The molecule has 19 heavy (non-hydrogen) atoms. The molecule has 0 aliphatic heterocycles. The van der Waals surface area contributed by atoms with Crippen LogP contribution in [-0.4, -0.2) is 29.9 Å². The molecule has 4 N–H and O–H groups in total. The van der Waals surface area contributed by atoms with Crippen LogP contribution in [-0.2, 0) is 0 Å². The SMILES string of the molecule is CCN(CC)c1ccc([C@H](N)C(C)(C)CO)c(O)c1. The van der Waals surface area contributed by atoms with Gasteiger partial charge in [-0.3, -0.25) is 0 Å². The Morgan fingerprint density at radius 3 is 2.26 bits per heavy atom. The van der Waals surface area contributed by atoms with Gasteiger partial charge < -0.3 is 20.8 Å². The van der Waals surface area contributed by atoms with E-state index in [-0.39, 0.29) is 12.4 Å². The van der Waals surface area contributed by atoms with Gasteiger partial charge in [0.1, 0.15) is 5.75 Å². The fourth-order valence-electron chi connectivity index (χ4n) is 2.10. The minimum Gasteiger partial charge on any atom is -0.508 e. The summed E-state index contributed by atoms with van der Waals surface area (Å²) in [6.45, 7) is 9.69. The molecule has 0 unspecified atom stereocenters. The van der Waals surface area contributed by atoms with Gasteiger partial charge in [0.05, 0.1) is 0 Å². The van der Waals surface area contributed by atoms with Crippen LogP contribution in [0.1, 0.15) is 39.3 Å². The summed E-state index contributed by atoms with van der Waals surface area (Å²) in [6.07, 6.45) is 0. The van der Waals surface area contributed by atoms with Gasteiger partial charge in [-0.05, 0) is 19.9 Å². The molecule has 0 saturated carbocycles. The Kier molecular flexibility index (Phi) is 5.20. The molecule has 4 heteroatoms. The number of nitrogens with zero attached hydrogens (tertiary/aromatic N) is 1. The van der Waals surface area contributed by atoms with Crippen LogP contribution in [0.4, 0.5) is 5.69 Å². The van der Waals surface area contributed by atoms with Crippen molar-refractivity contribution in [2.75, 3.05) is 24.6 Å². The minimum absolute atomic E-state index is 0.0224. The maximum atomic E-state index is 10.2. The summed E-state index contributed by atoms with van der Waals surface area (Å²) in [5.41, 5.74) is 7.34. The van der Waals surface area contributed by atoms with Crippen molar-refractivity contribution in [3.05, 3.63) is 23.8 Å². The van der Waals surface area contributed by atoms with E-state index in [0.717, 1.165) is 18.8 Å². The van der Waals surface area contributed by atoms with Crippen molar-refractivity contribution in [1.29, 1.82) is 0 Å². The van der Waals surface area contributed by atoms with Crippen LogP contribution in [0.25, 0.3) is 0 Å². The highest BCUT2D eigenvalue weighted by Crippen LogP contribution is 2.36. The molecular formula is C15H26N2O2. The number of nitrogens with two attached hydrogens (primary N) is 1. The Morgan fingerprint density at radius 1 is 1.26 bits per heavy atom. The highest BCUT2D eigenvalue weighted by atomic mass is 16.3. The minimum atomic E-state index is -0.464. The molecule has 1 aromatic carbocycles. The van der Waals surface area contributed by atoms with E-state index >= 15 is 0 Å². The molecule has 0 amide bonds. The number of phenolic OH excluding ortho intramolecular Hbond substituents is 1. The van der Waals surface area contributed by atoms with E-state index < -0.39 is 11.5 Å². The topological polar surface area (TPSA) is 69.7 Å². The number of benzene rings is 1. The Hall–Kier alpha value is -1.26. The second-order valence-electron chi connectivity index (χ2n) is 5.54. The van der Waals surface area contributed by atoms with Gasteiger partial charge in [0.25, 0.3) is 0 Å². The highest BCUT2D eigenvalue weighted by Gasteiger charge is 2.29. The van der Waals surface area contributed by atoms with Crippen LogP contribution < -0.4 is 10.6 Å². The zero-order chi connectivity index (χ0) is 14.6. The molecule has 1 aromatic rings. The Labute approximate surface area is 115 Å². The van der Waals surface area contributed by atoms with Crippen molar-refractivity contribution in [1.82, 2.24) is 0 Å².